The number of esters is 1. The summed E-state index contributed by atoms with van der Waals surface area (Å²) >= 11 is 0. The van der Waals surface area contributed by atoms with E-state index in [1.54, 1.807) is 0 Å². The Kier molecular flexibility index (Phi) is 13.2. The number of ether oxygens (including phenoxy) is 2. The zero-order chi connectivity index (χ0) is 14.6. The van der Waals surface area contributed by atoms with Gasteiger partial charge in [-0.25, -0.2) is 4.79 Å². The summed E-state index contributed by atoms with van der Waals surface area (Å²) in [6, 6.07) is 0. The van der Waals surface area contributed by atoms with Crippen molar-refractivity contribution in [1.82, 2.24) is 0 Å². The monoisotopic (exact) mass is 262 g/mol. The Morgan fingerprint density at radius 2 is 1.72 bits per heavy atom. The van der Waals surface area contributed by atoms with Crippen molar-refractivity contribution in [2.45, 2.75) is 53.1 Å². The van der Waals surface area contributed by atoms with E-state index in [1.165, 1.54) is 7.11 Å². The van der Waals surface area contributed by atoms with Crippen LogP contribution in [0.25, 0.3) is 0 Å². The van der Waals surface area contributed by atoms with E-state index in [1.807, 2.05) is 27.7 Å². The number of methoxy groups -OCH3 is 1. The highest BCUT2D eigenvalue weighted by molar-refractivity contribution is 5.72. The van der Waals surface area contributed by atoms with Gasteiger partial charge in [-0.2, -0.15) is 0 Å². The average Bonchev–Trinajstić information content (AvgIpc) is 2.27. The lowest BCUT2D eigenvalue weighted by Gasteiger charge is -2.12. The minimum atomic E-state index is -0.896. The van der Waals surface area contributed by atoms with Crippen molar-refractivity contribution < 1.29 is 24.2 Å². The van der Waals surface area contributed by atoms with Gasteiger partial charge in [0.1, 0.15) is 0 Å². The quantitative estimate of drug-likeness (QED) is 0.713. The predicted molar refractivity (Wildman–Crippen MR) is 69.4 cm³/mol. The zero-order valence-electron chi connectivity index (χ0n) is 12.1. The van der Waals surface area contributed by atoms with E-state index < -0.39 is 12.1 Å². The molecule has 5 heteroatoms. The van der Waals surface area contributed by atoms with Crippen molar-refractivity contribution in [1.29, 1.82) is 0 Å². The molecule has 0 aliphatic rings. The van der Waals surface area contributed by atoms with Gasteiger partial charge in [0.2, 0.25) is 0 Å². The van der Waals surface area contributed by atoms with Gasteiger partial charge in [0, 0.05) is 13.5 Å². The summed E-state index contributed by atoms with van der Waals surface area (Å²) in [7, 11) is 1.40. The van der Waals surface area contributed by atoms with Crippen LogP contribution >= 0.6 is 0 Å². The largest absolute Gasteiger partial charge is 0.479 e. The van der Waals surface area contributed by atoms with E-state index in [0.29, 0.717) is 13.0 Å². The van der Waals surface area contributed by atoms with Crippen molar-refractivity contribution in [3.63, 3.8) is 0 Å². The summed E-state index contributed by atoms with van der Waals surface area (Å²) in [5, 5.41) is 8.42. The first-order valence-electron chi connectivity index (χ1n) is 6.31. The highest BCUT2D eigenvalue weighted by atomic mass is 16.5. The summed E-state index contributed by atoms with van der Waals surface area (Å²) < 4.78 is 9.47. The van der Waals surface area contributed by atoms with Crippen molar-refractivity contribution >= 4 is 11.9 Å². The molecular formula is C13H26O5. The van der Waals surface area contributed by atoms with Gasteiger partial charge in [-0.05, 0) is 18.8 Å². The Morgan fingerprint density at radius 1 is 1.17 bits per heavy atom. The third-order valence-corrected chi connectivity index (χ3v) is 2.02. The highest BCUT2D eigenvalue weighted by Crippen LogP contribution is 2.04. The third-order valence-electron chi connectivity index (χ3n) is 2.02. The SMILES string of the molecule is CCCOC(=O)CCC.COC(C(=O)O)C(C)C. The molecule has 1 N–H and O–H groups in total. The van der Waals surface area contributed by atoms with Gasteiger partial charge in [0.25, 0.3) is 0 Å². The number of carbonyl (C=O) groups is 2. The van der Waals surface area contributed by atoms with E-state index in [-0.39, 0.29) is 11.9 Å². The molecule has 5 nitrogen and oxygen atoms in total. The van der Waals surface area contributed by atoms with E-state index in [2.05, 4.69) is 4.74 Å². The molecule has 0 aromatic heterocycles. The van der Waals surface area contributed by atoms with Gasteiger partial charge in [-0.15, -0.1) is 0 Å². The Bertz CT molecular complexity index is 225. The Labute approximate surface area is 109 Å². The molecule has 1 unspecified atom stereocenters. The van der Waals surface area contributed by atoms with Gasteiger partial charge in [-0.1, -0.05) is 27.7 Å². The highest BCUT2D eigenvalue weighted by Gasteiger charge is 2.19. The Balaban J connectivity index is 0. The molecule has 0 fully saturated rings. The van der Waals surface area contributed by atoms with Gasteiger partial charge in [-0.3, -0.25) is 4.79 Å². The van der Waals surface area contributed by atoms with Crippen molar-refractivity contribution in [2.75, 3.05) is 13.7 Å². The molecule has 0 rings (SSSR count). The van der Waals surface area contributed by atoms with Gasteiger partial charge in [0.15, 0.2) is 6.10 Å². The molecule has 0 aliphatic heterocycles. The summed E-state index contributed by atoms with van der Waals surface area (Å²) in [6.07, 6.45) is 1.68. The van der Waals surface area contributed by atoms with Crippen molar-refractivity contribution in [3.8, 4) is 0 Å². The van der Waals surface area contributed by atoms with Crippen LogP contribution in [0.15, 0.2) is 0 Å². The Morgan fingerprint density at radius 3 is 1.94 bits per heavy atom. The van der Waals surface area contributed by atoms with Crippen LogP contribution in [0, 0.1) is 5.92 Å². The van der Waals surface area contributed by atoms with Crippen LogP contribution in [-0.2, 0) is 19.1 Å². The van der Waals surface area contributed by atoms with E-state index in [0.717, 1.165) is 12.8 Å². The van der Waals surface area contributed by atoms with Crippen LogP contribution in [0.5, 0.6) is 0 Å². The van der Waals surface area contributed by atoms with Crippen LogP contribution < -0.4 is 0 Å². The predicted octanol–water partition coefficient (Wildman–Crippen LogP) is 2.48. The second-order valence-electron chi connectivity index (χ2n) is 4.21. The lowest BCUT2D eigenvalue weighted by Crippen LogP contribution is -2.27. The third kappa shape index (κ3) is 11.4. The molecule has 0 aromatic rings. The summed E-state index contributed by atoms with van der Waals surface area (Å²) in [6.45, 7) is 8.13. The van der Waals surface area contributed by atoms with Crippen LogP contribution in [0.4, 0.5) is 0 Å². The molecule has 0 aromatic carbocycles. The maximum atomic E-state index is 10.6. The fourth-order valence-corrected chi connectivity index (χ4v) is 1.15. The number of carboxylic acids is 1. The average molecular weight is 262 g/mol. The first-order chi connectivity index (χ1) is 8.40. The fraction of sp³-hybridized carbons (Fsp3) is 0.846. The number of hydrogen-bond acceptors (Lipinski definition) is 4. The number of carbonyl (C=O) groups excluding carboxylic acids is 1. The minimum absolute atomic E-state index is 0.0347. The van der Waals surface area contributed by atoms with Crippen LogP contribution in [0.2, 0.25) is 0 Å². The first-order valence-corrected chi connectivity index (χ1v) is 6.31. The molecule has 0 saturated carbocycles. The van der Waals surface area contributed by atoms with Crippen LogP contribution in [-0.4, -0.2) is 36.9 Å². The molecule has 0 amide bonds. The topological polar surface area (TPSA) is 72.8 Å². The molecule has 0 aliphatic carbocycles. The zero-order valence-corrected chi connectivity index (χ0v) is 12.1. The van der Waals surface area contributed by atoms with Crippen molar-refractivity contribution in [2.24, 2.45) is 5.92 Å². The van der Waals surface area contributed by atoms with E-state index >= 15 is 0 Å². The normalized spacial score (nSPS) is 11.4. The summed E-state index contributed by atoms with van der Waals surface area (Å²) in [5.41, 5.74) is 0. The fourth-order valence-electron chi connectivity index (χ4n) is 1.15. The maximum Gasteiger partial charge on any atom is 0.333 e. The molecule has 0 spiro atoms. The standard InChI is InChI=1S/C7H14O2.C6H12O3/c1-3-5-7(8)9-6-4-2;1-4(2)5(9-3)6(7)8/h3-6H2,1-2H3;4-5H,1-3H3,(H,7,8). The minimum Gasteiger partial charge on any atom is -0.479 e. The molecule has 18 heavy (non-hydrogen) atoms. The number of hydrogen-bond donors (Lipinski definition) is 1. The van der Waals surface area contributed by atoms with Crippen molar-refractivity contribution in [3.05, 3.63) is 0 Å². The molecule has 0 bridgehead atoms. The Hall–Kier alpha value is -1.10. The smallest absolute Gasteiger partial charge is 0.333 e. The molecule has 0 saturated heterocycles. The number of rotatable bonds is 7. The summed E-state index contributed by atoms with van der Waals surface area (Å²) in [5.74, 6) is -0.931. The molecular weight excluding hydrogens is 236 g/mol. The molecule has 108 valence electrons. The van der Waals surface area contributed by atoms with Gasteiger partial charge >= 0.3 is 11.9 Å². The molecule has 1 atom stereocenters. The number of carboxylic acid groups (broad SMARTS) is 1. The summed E-state index contributed by atoms with van der Waals surface area (Å²) in [4.78, 5) is 20.8. The number of aliphatic carboxylic acids is 1. The molecule has 0 radical (unpaired) electrons. The van der Waals surface area contributed by atoms with Gasteiger partial charge in [0.05, 0.1) is 6.61 Å². The lowest BCUT2D eigenvalue weighted by molar-refractivity contribution is -0.151. The van der Waals surface area contributed by atoms with Crippen LogP contribution in [0.3, 0.4) is 0 Å². The second-order valence-corrected chi connectivity index (χ2v) is 4.21. The van der Waals surface area contributed by atoms with Gasteiger partial charge < -0.3 is 14.6 Å². The van der Waals surface area contributed by atoms with E-state index in [9.17, 15) is 9.59 Å². The van der Waals surface area contributed by atoms with Crippen LogP contribution in [0.1, 0.15) is 47.0 Å². The lowest BCUT2D eigenvalue weighted by atomic mass is 10.1. The molecule has 0 heterocycles. The van der Waals surface area contributed by atoms with E-state index in [4.69, 9.17) is 9.84 Å². The maximum absolute atomic E-state index is 10.6. The first kappa shape index (κ1) is 19.2. The second kappa shape index (κ2) is 12.4.